The van der Waals surface area contributed by atoms with Gasteiger partial charge in [0, 0.05) is 6.04 Å². The number of furan rings is 1. The molecule has 0 amide bonds. The van der Waals surface area contributed by atoms with Crippen LogP contribution in [0, 0.1) is 6.92 Å². The third kappa shape index (κ3) is 1.94. The molecule has 0 aromatic carbocycles. The summed E-state index contributed by atoms with van der Waals surface area (Å²) in [6.45, 7) is 6.45. The first-order valence-electron chi connectivity index (χ1n) is 5.77. The Bertz CT molecular complexity index is 321. The zero-order chi connectivity index (χ0) is 10.8. The molecule has 0 spiro atoms. The maximum atomic E-state index is 6.20. The molecule has 1 saturated heterocycles. The quantitative estimate of drug-likeness (QED) is 0.809. The predicted molar refractivity (Wildman–Crippen MR) is 60.6 cm³/mol. The Kier molecular flexibility index (Phi) is 3.12. The number of nitrogens with two attached hydrogens (primary N) is 1. The first kappa shape index (κ1) is 10.7. The molecule has 1 aliphatic rings. The number of likely N-dealkylation sites (tertiary alicyclic amines) is 1. The standard InChI is InChI=1S/C12H20N2O/c1-3-14-7-4-5-10(13)11(14)12-9(2)6-8-15-12/h6,8,10-11H,3-5,7,13H2,1-2H3. The summed E-state index contributed by atoms with van der Waals surface area (Å²) >= 11 is 0. The average Bonchev–Trinajstić information content (AvgIpc) is 2.64. The number of hydrogen-bond acceptors (Lipinski definition) is 3. The van der Waals surface area contributed by atoms with E-state index >= 15 is 0 Å². The Balaban J connectivity index is 2.27. The highest BCUT2D eigenvalue weighted by molar-refractivity contribution is 5.20. The number of hydrogen-bond donors (Lipinski definition) is 1. The molecule has 0 aliphatic carbocycles. The van der Waals surface area contributed by atoms with Crippen LogP contribution in [-0.2, 0) is 0 Å². The van der Waals surface area contributed by atoms with Crippen LogP contribution < -0.4 is 5.73 Å². The monoisotopic (exact) mass is 208 g/mol. The molecular weight excluding hydrogens is 188 g/mol. The highest BCUT2D eigenvalue weighted by atomic mass is 16.3. The zero-order valence-electron chi connectivity index (χ0n) is 9.57. The number of piperidine rings is 1. The summed E-state index contributed by atoms with van der Waals surface area (Å²) in [5, 5.41) is 0. The van der Waals surface area contributed by atoms with Crippen LogP contribution in [0.25, 0.3) is 0 Å². The fourth-order valence-electron chi connectivity index (χ4n) is 2.50. The maximum Gasteiger partial charge on any atom is 0.125 e. The fraction of sp³-hybridized carbons (Fsp3) is 0.667. The van der Waals surface area contributed by atoms with Gasteiger partial charge in [0.2, 0.25) is 0 Å². The minimum atomic E-state index is 0.212. The second kappa shape index (κ2) is 4.37. The van der Waals surface area contributed by atoms with Crippen LogP contribution in [0.2, 0.25) is 0 Å². The molecule has 1 fully saturated rings. The molecule has 1 aliphatic heterocycles. The van der Waals surface area contributed by atoms with Crippen LogP contribution >= 0.6 is 0 Å². The average molecular weight is 208 g/mol. The van der Waals surface area contributed by atoms with Crippen molar-refractivity contribution in [3.63, 3.8) is 0 Å². The van der Waals surface area contributed by atoms with Gasteiger partial charge in [0.25, 0.3) is 0 Å². The second-order valence-electron chi connectivity index (χ2n) is 4.35. The molecule has 3 nitrogen and oxygen atoms in total. The van der Waals surface area contributed by atoms with Crippen molar-refractivity contribution in [1.82, 2.24) is 4.90 Å². The highest BCUT2D eigenvalue weighted by Crippen LogP contribution is 2.32. The third-order valence-corrected chi connectivity index (χ3v) is 3.36. The van der Waals surface area contributed by atoms with E-state index in [1.54, 1.807) is 6.26 Å². The van der Waals surface area contributed by atoms with E-state index in [1.165, 1.54) is 12.0 Å². The molecule has 2 atom stereocenters. The van der Waals surface area contributed by atoms with Gasteiger partial charge in [-0.3, -0.25) is 4.90 Å². The summed E-state index contributed by atoms with van der Waals surface area (Å²) in [4.78, 5) is 2.42. The predicted octanol–water partition coefficient (Wildman–Crippen LogP) is 2.07. The van der Waals surface area contributed by atoms with Gasteiger partial charge in [-0.2, -0.15) is 0 Å². The van der Waals surface area contributed by atoms with Crippen LogP contribution in [0.4, 0.5) is 0 Å². The van der Waals surface area contributed by atoms with Gasteiger partial charge in [0.05, 0.1) is 12.3 Å². The van der Waals surface area contributed by atoms with Crippen LogP contribution in [0.1, 0.15) is 37.1 Å². The minimum Gasteiger partial charge on any atom is -0.467 e. The van der Waals surface area contributed by atoms with E-state index < -0.39 is 0 Å². The number of likely N-dealkylation sites (N-methyl/N-ethyl adjacent to an activating group) is 1. The van der Waals surface area contributed by atoms with Crippen LogP contribution in [0.5, 0.6) is 0 Å². The number of aryl methyl sites for hydroxylation is 1. The lowest BCUT2D eigenvalue weighted by molar-refractivity contribution is 0.116. The number of nitrogens with zero attached hydrogens (tertiary/aromatic N) is 1. The normalized spacial score (nSPS) is 28.2. The molecule has 2 heterocycles. The SMILES string of the molecule is CCN1CCCC(N)C1c1occc1C. The van der Waals surface area contributed by atoms with Crippen LogP contribution in [0.3, 0.4) is 0 Å². The molecule has 1 aromatic heterocycles. The Morgan fingerprint density at radius 1 is 1.60 bits per heavy atom. The fourth-order valence-corrected chi connectivity index (χ4v) is 2.50. The van der Waals surface area contributed by atoms with E-state index in [-0.39, 0.29) is 12.1 Å². The molecule has 84 valence electrons. The van der Waals surface area contributed by atoms with E-state index in [9.17, 15) is 0 Å². The molecule has 0 saturated carbocycles. The maximum absolute atomic E-state index is 6.20. The Morgan fingerprint density at radius 2 is 2.40 bits per heavy atom. The van der Waals surface area contributed by atoms with Gasteiger partial charge in [-0.05, 0) is 44.5 Å². The van der Waals surface area contributed by atoms with Crippen molar-refractivity contribution in [2.24, 2.45) is 5.73 Å². The van der Waals surface area contributed by atoms with Crippen molar-refractivity contribution in [2.45, 2.75) is 38.8 Å². The van der Waals surface area contributed by atoms with Gasteiger partial charge in [-0.15, -0.1) is 0 Å². The van der Waals surface area contributed by atoms with Gasteiger partial charge in [0.15, 0.2) is 0 Å². The molecule has 2 rings (SSSR count). The highest BCUT2D eigenvalue weighted by Gasteiger charge is 2.32. The largest absolute Gasteiger partial charge is 0.467 e. The van der Waals surface area contributed by atoms with E-state index in [4.69, 9.17) is 10.2 Å². The summed E-state index contributed by atoms with van der Waals surface area (Å²) in [6.07, 6.45) is 4.06. The van der Waals surface area contributed by atoms with E-state index in [0.717, 1.165) is 25.3 Å². The number of rotatable bonds is 2. The molecular formula is C12H20N2O. The van der Waals surface area contributed by atoms with Crippen molar-refractivity contribution in [3.8, 4) is 0 Å². The van der Waals surface area contributed by atoms with E-state index in [2.05, 4.69) is 18.7 Å². The van der Waals surface area contributed by atoms with Crippen LogP contribution in [-0.4, -0.2) is 24.0 Å². The van der Waals surface area contributed by atoms with Gasteiger partial charge in [-0.1, -0.05) is 6.92 Å². The summed E-state index contributed by atoms with van der Waals surface area (Å²) in [5.41, 5.74) is 7.42. The topological polar surface area (TPSA) is 42.4 Å². The summed E-state index contributed by atoms with van der Waals surface area (Å²) < 4.78 is 5.58. The van der Waals surface area contributed by atoms with E-state index in [1.807, 2.05) is 6.07 Å². The first-order chi connectivity index (χ1) is 7.24. The Morgan fingerprint density at radius 3 is 3.00 bits per heavy atom. The molecule has 1 aromatic rings. The van der Waals surface area contributed by atoms with E-state index in [0.29, 0.717) is 0 Å². The molecule has 0 radical (unpaired) electrons. The molecule has 3 heteroatoms. The Hall–Kier alpha value is -0.800. The lowest BCUT2D eigenvalue weighted by atomic mass is 9.93. The second-order valence-corrected chi connectivity index (χ2v) is 4.35. The lowest BCUT2D eigenvalue weighted by Gasteiger charge is -2.38. The van der Waals surface area contributed by atoms with Crippen LogP contribution in [0.15, 0.2) is 16.7 Å². The van der Waals surface area contributed by atoms with Crippen molar-refractivity contribution >= 4 is 0 Å². The minimum absolute atomic E-state index is 0.212. The van der Waals surface area contributed by atoms with Gasteiger partial charge in [0.1, 0.15) is 5.76 Å². The Labute approximate surface area is 91.2 Å². The van der Waals surface area contributed by atoms with Crippen molar-refractivity contribution in [2.75, 3.05) is 13.1 Å². The molecule has 15 heavy (non-hydrogen) atoms. The molecule has 2 unspecified atom stereocenters. The van der Waals surface area contributed by atoms with Gasteiger partial charge in [-0.25, -0.2) is 0 Å². The smallest absolute Gasteiger partial charge is 0.125 e. The third-order valence-electron chi connectivity index (χ3n) is 3.36. The summed E-state index contributed by atoms with van der Waals surface area (Å²) in [6, 6.07) is 2.51. The van der Waals surface area contributed by atoms with Crippen molar-refractivity contribution < 1.29 is 4.42 Å². The zero-order valence-corrected chi connectivity index (χ0v) is 9.57. The summed E-state index contributed by atoms with van der Waals surface area (Å²) in [5.74, 6) is 1.06. The van der Waals surface area contributed by atoms with Crippen molar-refractivity contribution in [1.29, 1.82) is 0 Å². The molecule has 0 bridgehead atoms. The first-order valence-corrected chi connectivity index (χ1v) is 5.77. The van der Waals surface area contributed by atoms with Crippen molar-refractivity contribution in [3.05, 3.63) is 23.7 Å². The molecule has 2 N–H and O–H groups in total. The lowest BCUT2D eigenvalue weighted by Crippen LogP contribution is -2.45. The summed E-state index contributed by atoms with van der Waals surface area (Å²) in [7, 11) is 0. The van der Waals surface area contributed by atoms with Gasteiger partial charge < -0.3 is 10.2 Å². The van der Waals surface area contributed by atoms with Gasteiger partial charge >= 0.3 is 0 Å².